The number of hydrogen-bond acceptors (Lipinski definition) is 3. The number of rotatable bonds is 6. The number of anilines is 1. The molecular formula is C14H18Cl2N2O3. The number of halogens is 2. The van der Waals surface area contributed by atoms with Crippen molar-refractivity contribution in [1.29, 1.82) is 0 Å². The van der Waals surface area contributed by atoms with Gasteiger partial charge in [-0.1, -0.05) is 36.2 Å². The van der Waals surface area contributed by atoms with Crippen LogP contribution in [0.2, 0.25) is 10.0 Å². The van der Waals surface area contributed by atoms with Gasteiger partial charge < -0.3 is 10.4 Å². The third kappa shape index (κ3) is 4.59. The van der Waals surface area contributed by atoms with Crippen LogP contribution in [0, 0.1) is 6.92 Å². The average Bonchev–Trinajstić information content (AvgIpc) is 2.39. The van der Waals surface area contributed by atoms with Crippen LogP contribution in [0.15, 0.2) is 12.1 Å². The molecule has 0 radical (unpaired) electrons. The van der Waals surface area contributed by atoms with E-state index in [4.69, 9.17) is 28.3 Å². The molecule has 1 aromatic rings. The normalized spacial score (nSPS) is 12.3. The van der Waals surface area contributed by atoms with Gasteiger partial charge in [0.15, 0.2) is 0 Å². The van der Waals surface area contributed by atoms with Gasteiger partial charge in [-0.05, 0) is 32.0 Å². The van der Waals surface area contributed by atoms with Gasteiger partial charge in [-0.2, -0.15) is 0 Å². The van der Waals surface area contributed by atoms with Crippen molar-refractivity contribution in [3.8, 4) is 0 Å². The van der Waals surface area contributed by atoms with E-state index in [9.17, 15) is 9.59 Å². The molecule has 1 aromatic carbocycles. The van der Waals surface area contributed by atoms with E-state index in [1.165, 1.54) is 4.90 Å². The van der Waals surface area contributed by atoms with Crippen molar-refractivity contribution in [2.45, 2.75) is 26.3 Å². The highest BCUT2D eigenvalue weighted by atomic mass is 35.5. The Bertz CT molecular complexity index is 549. The Balaban J connectivity index is 2.79. The van der Waals surface area contributed by atoms with Gasteiger partial charge >= 0.3 is 5.97 Å². The summed E-state index contributed by atoms with van der Waals surface area (Å²) in [5, 5.41) is 12.4. The molecule has 0 fully saturated rings. The van der Waals surface area contributed by atoms with Crippen LogP contribution in [0.5, 0.6) is 0 Å². The second-order valence-corrected chi connectivity index (χ2v) is 5.56. The van der Waals surface area contributed by atoms with E-state index in [-0.39, 0.29) is 12.5 Å². The lowest BCUT2D eigenvalue weighted by molar-refractivity contribution is -0.143. The molecule has 1 atom stereocenters. The number of nitrogens with one attached hydrogen (secondary N) is 1. The summed E-state index contributed by atoms with van der Waals surface area (Å²) in [7, 11) is 1.58. The highest BCUT2D eigenvalue weighted by molar-refractivity contribution is 6.40. The van der Waals surface area contributed by atoms with E-state index < -0.39 is 12.0 Å². The molecule has 7 heteroatoms. The molecule has 0 spiro atoms. The third-order valence-electron chi connectivity index (χ3n) is 3.15. The molecule has 0 heterocycles. The first-order chi connectivity index (χ1) is 9.77. The molecule has 0 aliphatic rings. The molecule has 2 N–H and O–H groups in total. The van der Waals surface area contributed by atoms with Gasteiger partial charge in [-0.15, -0.1) is 0 Å². The minimum atomic E-state index is -0.959. The van der Waals surface area contributed by atoms with Crippen LogP contribution >= 0.6 is 23.2 Å². The number of aliphatic carboxylic acids is 1. The standard InChI is InChI=1S/C14H18Cl2N2O3/c1-4-10(14(20)21)18(3)7-11(19)17-13-9(15)6-5-8(2)12(13)16/h5-6,10H,4,7H2,1-3H3,(H,17,19)(H,20,21). The van der Waals surface area contributed by atoms with E-state index in [1.807, 2.05) is 0 Å². The van der Waals surface area contributed by atoms with Crippen LogP contribution in [-0.2, 0) is 9.59 Å². The molecular weight excluding hydrogens is 315 g/mol. The Morgan fingerprint density at radius 1 is 1.38 bits per heavy atom. The van der Waals surface area contributed by atoms with Gasteiger partial charge in [-0.25, -0.2) is 0 Å². The SMILES string of the molecule is CCC(C(=O)O)N(C)CC(=O)Nc1c(Cl)ccc(C)c1Cl. The number of carbonyl (C=O) groups is 2. The molecule has 1 unspecified atom stereocenters. The second kappa shape index (κ2) is 7.64. The fourth-order valence-corrected chi connectivity index (χ4v) is 2.43. The molecule has 1 rings (SSSR count). The van der Waals surface area contributed by atoms with Crippen LogP contribution in [0.1, 0.15) is 18.9 Å². The maximum Gasteiger partial charge on any atom is 0.320 e. The number of hydrogen-bond donors (Lipinski definition) is 2. The van der Waals surface area contributed by atoms with Crippen molar-refractivity contribution in [2.75, 3.05) is 18.9 Å². The molecule has 0 bridgehead atoms. The molecule has 0 aliphatic carbocycles. The largest absolute Gasteiger partial charge is 0.480 e. The van der Waals surface area contributed by atoms with Crippen molar-refractivity contribution in [3.05, 3.63) is 27.7 Å². The molecule has 0 saturated carbocycles. The predicted octanol–water partition coefficient (Wildman–Crippen LogP) is 3.04. The summed E-state index contributed by atoms with van der Waals surface area (Å²) in [5.41, 5.74) is 1.14. The molecule has 116 valence electrons. The van der Waals surface area contributed by atoms with Gasteiger partial charge in [0.1, 0.15) is 6.04 Å². The number of carbonyl (C=O) groups excluding carboxylic acids is 1. The summed E-state index contributed by atoms with van der Waals surface area (Å²) in [5.74, 6) is -1.33. The summed E-state index contributed by atoms with van der Waals surface area (Å²) in [6, 6.07) is 2.69. The lowest BCUT2D eigenvalue weighted by atomic mass is 10.2. The number of carboxylic acid groups (broad SMARTS) is 1. The van der Waals surface area contributed by atoms with Crippen LogP contribution in [0.4, 0.5) is 5.69 Å². The minimum Gasteiger partial charge on any atom is -0.480 e. The fraction of sp³-hybridized carbons (Fsp3) is 0.429. The molecule has 0 aromatic heterocycles. The highest BCUT2D eigenvalue weighted by Gasteiger charge is 2.22. The van der Waals surface area contributed by atoms with Crippen LogP contribution in [0.25, 0.3) is 0 Å². The number of nitrogens with zero attached hydrogens (tertiary/aromatic N) is 1. The zero-order chi connectivity index (χ0) is 16.2. The predicted molar refractivity (Wildman–Crippen MR) is 84.2 cm³/mol. The van der Waals surface area contributed by atoms with Gasteiger partial charge in [0.05, 0.1) is 22.3 Å². The lowest BCUT2D eigenvalue weighted by Gasteiger charge is -2.23. The zero-order valence-electron chi connectivity index (χ0n) is 12.1. The zero-order valence-corrected chi connectivity index (χ0v) is 13.6. The summed E-state index contributed by atoms with van der Waals surface area (Å²) in [6.45, 7) is 3.49. The Morgan fingerprint density at radius 2 is 2.00 bits per heavy atom. The number of carboxylic acids is 1. The van der Waals surface area contributed by atoms with Crippen LogP contribution in [0.3, 0.4) is 0 Å². The van der Waals surface area contributed by atoms with Crippen LogP contribution < -0.4 is 5.32 Å². The maximum atomic E-state index is 12.0. The maximum absolute atomic E-state index is 12.0. The van der Waals surface area contributed by atoms with E-state index in [0.29, 0.717) is 22.2 Å². The Kier molecular flexibility index (Phi) is 6.45. The van der Waals surface area contributed by atoms with Gasteiger partial charge in [-0.3, -0.25) is 14.5 Å². The highest BCUT2D eigenvalue weighted by Crippen LogP contribution is 2.32. The van der Waals surface area contributed by atoms with Crippen molar-refractivity contribution in [2.24, 2.45) is 0 Å². The van der Waals surface area contributed by atoms with E-state index in [2.05, 4.69) is 5.32 Å². The lowest BCUT2D eigenvalue weighted by Crippen LogP contribution is -2.42. The van der Waals surface area contributed by atoms with Gasteiger partial charge in [0.2, 0.25) is 5.91 Å². The van der Waals surface area contributed by atoms with Crippen molar-refractivity contribution in [1.82, 2.24) is 4.90 Å². The van der Waals surface area contributed by atoms with Gasteiger partial charge in [0, 0.05) is 0 Å². The van der Waals surface area contributed by atoms with Crippen molar-refractivity contribution in [3.63, 3.8) is 0 Å². The smallest absolute Gasteiger partial charge is 0.320 e. The number of benzene rings is 1. The summed E-state index contributed by atoms with van der Waals surface area (Å²) < 4.78 is 0. The summed E-state index contributed by atoms with van der Waals surface area (Å²) in [4.78, 5) is 24.5. The molecule has 5 nitrogen and oxygen atoms in total. The molecule has 21 heavy (non-hydrogen) atoms. The van der Waals surface area contributed by atoms with Gasteiger partial charge in [0.25, 0.3) is 0 Å². The minimum absolute atomic E-state index is 0.0641. The first-order valence-corrected chi connectivity index (χ1v) is 7.21. The van der Waals surface area contributed by atoms with Crippen molar-refractivity contribution >= 4 is 40.8 Å². The Morgan fingerprint density at radius 3 is 2.52 bits per heavy atom. The van der Waals surface area contributed by atoms with Crippen LogP contribution in [-0.4, -0.2) is 41.5 Å². The number of amides is 1. The first-order valence-electron chi connectivity index (χ1n) is 6.45. The van der Waals surface area contributed by atoms with E-state index in [1.54, 1.807) is 33.0 Å². The number of aryl methyl sites for hydroxylation is 1. The Hall–Kier alpha value is -1.30. The fourth-order valence-electron chi connectivity index (χ4n) is 1.96. The second-order valence-electron chi connectivity index (χ2n) is 4.78. The average molecular weight is 333 g/mol. The third-order valence-corrected chi connectivity index (χ3v) is 3.95. The molecule has 1 amide bonds. The molecule has 0 aliphatic heterocycles. The topological polar surface area (TPSA) is 69.6 Å². The Labute approximate surface area is 133 Å². The van der Waals surface area contributed by atoms with E-state index >= 15 is 0 Å². The van der Waals surface area contributed by atoms with Crippen molar-refractivity contribution < 1.29 is 14.7 Å². The monoisotopic (exact) mass is 332 g/mol. The molecule has 0 saturated heterocycles. The quantitative estimate of drug-likeness (QED) is 0.840. The number of likely N-dealkylation sites (N-methyl/N-ethyl adjacent to an activating group) is 1. The van der Waals surface area contributed by atoms with E-state index in [0.717, 1.165) is 5.56 Å². The summed E-state index contributed by atoms with van der Waals surface area (Å²) in [6.07, 6.45) is 0.408. The summed E-state index contributed by atoms with van der Waals surface area (Å²) >= 11 is 12.1. The first kappa shape index (κ1) is 17.8.